The Kier molecular flexibility index (Phi) is 4.83. The molecule has 0 rings (SSSR count). The standard InChI is InChI=1S/C14H30O3/c1-11(2,15)9-13(5,6)17-14(7,8)10-12(3,4)16/h15-16H,9-10H2,1-8H3. The fourth-order valence-corrected chi connectivity index (χ4v) is 2.90. The number of rotatable bonds is 6. The second-order valence-corrected chi connectivity index (χ2v) is 7.60. The van der Waals surface area contributed by atoms with E-state index < -0.39 is 22.4 Å². The van der Waals surface area contributed by atoms with Gasteiger partial charge in [-0.25, -0.2) is 0 Å². The van der Waals surface area contributed by atoms with Gasteiger partial charge in [-0.15, -0.1) is 0 Å². The molecular weight excluding hydrogens is 216 g/mol. The molecule has 104 valence electrons. The average Bonchev–Trinajstić information content (AvgIpc) is 1.65. The van der Waals surface area contributed by atoms with Crippen LogP contribution in [0.1, 0.15) is 68.2 Å². The van der Waals surface area contributed by atoms with Crippen LogP contribution in [0.4, 0.5) is 0 Å². The second-order valence-electron chi connectivity index (χ2n) is 7.60. The second kappa shape index (κ2) is 4.87. The van der Waals surface area contributed by atoms with Crippen molar-refractivity contribution in [3.63, 3.8) is 0 Å². The van der Waals surface area contributed by atoms with Crippen LogP contribution < -0.4 is 0 Å². The van der Waals surface area contributed by atoms with Gasteiger partial charge in [0.15, 0.2) is 0 Å². The molecule has 3 nitrogen and oxygen atoms in total. The molecule has 0 aromatic heterocycles. The lowest BCUT2D eigenvalue weighted by Gasteiger charge is -2.41. The lowest BCUT2D eigenvalue weighted by atomic mass is 9.88. The van der Waals surface area contributed by atoms with Crippen molar-refractivity contribution in [2.75, 3.05) is 0 Å². The molecule has 0 bridgehead atoms. The summed E-state index contributed by atoms with van der Waals surface area (Å²) in [5.74, 6) is 0. The summed E-state index contributed by atoms with van der Waals surface area (Å²) in [6.45, 7) is 15.0. The third-order valence-corrected chi connectivity index (χ3v) is 2.27. The first kappa shape index (κ1) is 16.9. The highest BCUT2D eigenvalue weighted by Gasteiger charge is 2.36. The van der Waals surface area contributed by atoms with Crippen molar-refractivity contribution in [3.05, 3.63) is 0 Å². The maximum Gasteiger partial charge on any atom is 0.0660 e. The molecule has 0 amide bonds. The predicted molar refractivity (Wildman–Crippen MR) is 71.1 cm³/mol. The van der Waals surface area contributed by atoms with Crippen molar-refractivity contribution >= 4 is 0 Å². The Morgan fingerprint density at radius 3 is 1.06 bits per heavy atom. The van der Waals surface area contributed by atoms with Crippen molar-refractivity contribution in [2.24, 2.45) is 0 Å². The van der Waals surface area contributed by atoms with Crippen LogP contribution in [0.5, 0.6) is 0 Å². The number of aliphatic hydroxyl groups is 2. The summed E-state index contributed by atoms with van der Waals surface area (Å²) >= 11 is 0. The lowest BCUT2D eigenvalue weighted by Crippen LogP contribution is -2.44. The van der Waals surface area contributed by atoms with Crippen LogP contribution in [-0.4, -0.2) is 32.6 Å². The largest absolute Gasteiger partial charge is 0.390 e. The zero-order valence-corrected chi connectivity index (χ0v) is 12.7. The maximum atomic E-state index is 9.85. The normalized spacial score (nSPS) is 15.2. The Morgan fingerprint density at radius 2 is 0.882 bits per heavy atom. The molecule has 0 aliphatic heterocycles. The molecule has 0 saturated carbocycles. The summed E-state index contributed by atoms with van der Waals surface area (Å²) in [6, 6.07) is 0. The van der Waals surface area contributed by atoms with E-state index in [0.29, 0.717) is 12.8 Å². The van der Waals surface area contributed by atoms with Crippen molar-refractivity contribution in [1.82, 2.24) is 0 Å². The van der Waals surface area contributed by atoms with E-state index in [1.165, 1.54) is 0 Å². The minimum atomic E-state index is -0.756. The maximum absolute atomic E-state index is 9.85. The van der Waals surface area contributed by atoms with Crippen molar-refractivity contribution in [3.8, 4) is 0 Å². The van der Waals surface area contributed by atoms with Gasteiger partial charge in [0, 0.05) is 12.8 Å². The van der Waals surface area contributed by atoms with Crippen LogP contribution in [0.3, 0.4) is 0 Å². The molecule has 0 aromatic rings. The molecule has 0 fully saturated rings. The SMILES string of the molecule is CC(C)(O)CC(C)(C)OC(C)(C)CC(C)(C)O. The number of hydrogen-bond donors (Lipinski definition) is 2. The number of hydrogen-bond acceptors (Lipinski definition) is 3. The predicted octanol–water partition coefficient (Wildman–Crippen LogP) is 2.88. The summed E-state index contributed by atoms with van der Waals surface area (Å²) in [4.78, 5) is 0. The van der Waals surface area contributed by atoms with Gasteiger partial charge in [0.1, 0.15) is 0 Å². The molecule has 0 atom stereocenters. The van der Waals surface area contributed by atoms with Gasteiger partial charge in [0.05, 0.1) is 22.4 Å². The summed E-state index contributed by atoms with van der Waals surface area (Å²) in [6.07, 6.45) is 1.10. The van der Waals surface area contributed by atoms with Gasteiger partial charge in [-0.1, -0.05) is 0 Å². The molecule has 0 aliphatic rings. The van der Waals surface area contributed by atoms with Gasteiger partial charge in [-0.2, -0.15) is 0 Å². The van der Waals surface area contributed by atoms with Crippen LogP contribution in [-0.2, 0) is 4.74 Å². The molecule has 17 heavy (non-hydrogen) atoms. The Morgan fingerprint density at radius 1 is 0.647 bits per heavy atom. The Hall–Kier alpha value is -0.120. The highest BCUT2D eigenvalue weighted by molar-refractivity contribution is 4.86. The smallest absolute Gasteiger partial charge is 0.0660 e. The highest BCUT2D eigenvalue weighted by atomic mass is 16.5. The Bertz CT molecular complexity index is 215. The molecule has 0 radical (unpaired) electrons. The van der Waals surface area contributed by atoms with Gasteiger partial charge in [-0.05, 0) is 55.4 Å². The van der Waals surface area contributed by atoms with E-state index >= 15 is 0 Å². The molecule has 0 aromatic carbocycles. The fourth-order valence-electron chi connectivity index (χ4n) is 2.90. The summed E-state index contributed by atoms with van der Waals surface area (Å²) in [5.41, 5.74) is -2.36. The summed E-state index contributed by atoms with van der Waals surface area (Å²) < 4.78 is 6.06. The van der Waals surface area contributed by atoms with Crippen LogP contribution in [0.2, 0.25) is 0 Å². The first-order valence-corrected chi connectivity index (χ1v) is 6.27. The minimum absolute atomic E-state index is 0.424. The first-order valence-electron chi connectivity index (χ1n) is 6.27. The number of ether oxygens (including phenoxy) is 1. The Balaban J connectivity index is 4.59. The van der Waals surface area contributed by atoms with Crippen molar-refractivity contribution in [1.29, 1.82) is 0 Å². The molecule has 0 unspecified atom stereocenters. The van der Waals surface area contributed by atoms with E-state index in [1.54, 1.807) is 27.7 Å². The van der Waals surface area contributed by atoms with E-state index in [4.69, 9.17) is 4.74 Å². The fraction of sp³-hybridized carbons (Fsp3) is 1.00. The van der Waals surface area contributed by atoms with Crippen molar-refractivity contribution < 1.29 is 14.9 Å². The Labute approximate surface area is 106 Å². The molecule has 3 heteroatoms. The molecule has 2 N–H and O–H groups in total. The van der Waals surface area contributed by atoms with Crippen LogP contribution in [0.25, 0.3) is 0 Å². The minimum Gasteiger partial charge on any atom is -0.390 e. The van der Waals surface area contributed by atoms with Gasteiger partial charge < -0.3 is 14.9 Å². The molecule has 0 spiro atoms. The van der Waals surface area contributed by atoms with E-state index in [2.05, 4.69) is 0 Å². The monoisotopic (exact) mass is 246 g/mol. The van der Waals surface area contributed by atoms with Gasteiger partial charge in [0.2, 0.25) is 0 Å². The first-order chi connectivity index (χ1) is 7.12. The molecular formula is C14H30O3. The summed E-state index contributed by atoms with van der Waals surface area (Å²) in [7, 11) is 0. The van der Waals surface area contributed by atoms with Gasteiger partial charge in [0.25, 0.3) is 0 Å². The summed E-state index contributed by atoms with van der Waals surface area (Å²) in [5, 5.41) is 19.7. The lowest BCUT2D eigenvalue weighted by molar-refractivity contribution is -0.166. The van der Waals surface area contributed by atoms with Crippen LogP contribution in [0.15, 0.2) is 0 Å². The highest BCUT2D eigenvalue weighted by Crippen LogP contribution is 2.32. The average molecular weight is 246 g/mol. The topological polar surface area (TPSA) is 49.7 Å². The van der Waals surface area contributed by atoms with E-state index in [9.17, 15) is 10.2 Å². The zero-order valence-electron chi connectivity index (χ0n) is 12.7. The van der Waals surface area contributed by atoms with Crippen LogP contribution in [0, 0.1) is 0 Å². The van der Waals surface area contributed by atoms with Crippen LogP contribution >= 0.6 is 0 Å². The third kappa shape index (κ3) is 9.57. The molecule has 0 aliphatic carbocycles. The third-order valence-electron chi connectivity index (χ3n) is 2.27. The zero-order chi connectivity index (χ0) is 14.1. The van der Waals surface area contributed by atoms with E-state index in [1.807, 2.05) is 27.7 Å². The quantitative estimate of drug-likeness (QED) is 0.757. The van der Waals surface area contributed by atoms with E-state index in [-0.39, 0.29) is 0 Å². The van der Waals surface area contributed by atoms with Gasteiger partial charge >= 0.3 is 0 Å². The van der Waals surface area contributed by atoms with Gasteiger partial charge in [-0.3, -0.25) is 0 Å². The molecule has 0 saturated heterocycles. The van der Waals surface area contributed by atoms with Crippen molar-refractivity contribution in [2.45, 2.75) is 90.6 Å². The molecule has 0 heterocycles. The van der Waals surface area contributed by atoms with E-state index in [0.717, 1.165) is 0 Å².